The maximum Gasteiger partial charge on any atom is 0.343 e. The largest absolute Gasteiger partial charge is 0.360 e. The number of hydrogen-bond acceptors (Lipinski definition) is 6. The lowest BCUT2D eigenvalue weighted by atomic mass is 10.4. The smallest absolute Gasteiger partial charge is 0.343 e. The lowest BCUT2D eigenvalue weighted by Crippen LogP contribution is -2.42. The molecule has 21 heavy (non-hydrogen) atoms. The van der Waals surface area contributed by atoms with Crippen LogP contribution in [0.25, 0.3) is 0 Å². The van der Waals surface area contributed by atoms with E-state index in [4.69, 9.17) is 4.52 Å². The van der Waals surface area contributed by atoms with Crippen LogP contribution in [0.5, 0.6) is 0 Å². The summed E-state index contributed by atoms with van der Waals surface area (Å²) in [5.41, 5.74) is -1.10. The third kappa shape index (κ3) is 2.20. The van der Waals surface area contributed by atoms with Crippen LogP contribution in [-0.2, 0) is 17.1 Å². The first-order valence-electron chi connectivity index (χ1n) is 5.81. The van der Waals surface area contributed by atoms with Gasteiger partial charge in [-0.3, -0.25) is 9.56 Å². The molecule has 0 amide bonds. The quantitative estimate of drug-likeness (QED) is 0.757. The van der Waals surface area contributed by atoms with Crippen LogP contribution in [0.3, 0.4) is 0 Å². The van der Waals surface area contributed by atoms with Crippen molar-refractivity contribution < 1.29 is 17.3 Å². The van der Waals surface area contributed by atoms with Gasteiger partial charge in [-0.05, 0) is 13.8 Å². The van der Waals surface area contributed by atoms with Crippen LogP contribution in [0.4, 0.5) is 4.39 Å². The maximum absolute atomic E-state index is 13.9. The zero-order valence-electron chi connectivity index (χ0n) is 11.8. The fourth-order valence-electron chi connectivity index (χ4n) is 1.98. The van der Waals surface area contributed by atoms with Gasteiger partial charge in [-0.25, -0.2) is 17.6 Å². The first-order valence-corrected chi connectivity index (χ1v) is 7.25. The number of aromatic nitrogens is 3. The first kappa shape index (κ1) is 15.2. The molecule has 114 valence electrons. The molecule has 0 aliphatic rings. The van der Waals surface area contributed by atoms with Crippen LogP contribution in [0.15, 0.2) is 25.4 Å². The summed E-state index contributed by atoms with van der Waals surface area (Å²) in [5, 5.41) is 3.53. The molecule has 0 aliphatic heterocycles. The molecular weight excluding hydrogens is 303 g/mol. The number of halogens is 1. The van der Waals surface area contributed by atoms with E-state index >= 15 is 0 Å². The van der Waals surface area contributed by atoms with Gasteiger partial charge in [0.25, 0.3) is 10.0 Å². The predicted molar refractivity (Wildman–Crippen MR) is 69.7 cm³/mol. The Morgan fingerprint density at radius 3 is 2.48 bits per heavy atom. The van der Waals surface area contributed by atoms with Crippen molar-refractivity contribution in [2.24, 2.45) is 12.0 Å². The van der Waals surface area contributed by atoms with Crippen molar-refractivity contribution in [3.63, 3.8) is 0 Å². The Kier molecular flexibility index (Phi) is 3.58. The Labute approximate surface area is 119 Å². The van der Waals surface area contributed by atoms with Crippen LogP contribution in [0.1, 0.15) is 11.5 Å². The maximum atomic E-state index is 13.9. The zero-order chi connectivity index (χ0) is 15.9. The van der Waals surface area contributed by atoms with Gasteiger partial charge in [-0.1, -0.05) is 5.16 Å². The lowest BCUT2D eigenvalue weighted by molar-refractivity contribution is 0.390. The van der Waals surface area contributed by atoms with E-state index in [0.29, 0.717) is 10.2 Å². The first-order chi connectivity index (χ1) is 9.71. The van der Waals surface area contributed by atoms with Crippen molar-refractivity contribution in [1.29, 1.82) is 0 Å². The van der Waals surface area contributed by atoms with Crippen LogP contribution >= 0.6 is 0 Å². The second-order valence-electron chi connectivity index (χ2n) is 4.32. The van der Waals surface area contributed by atoms with Gasteiger partial charge in [0, 0.05) is 14.1 Å². The average Bonchev–Trinajstić information content (AvgIpc) is 2.74. The van der Waals surface area contributed by atoms with Gasteiger partial charge in [0.15, 0.2) is 22.0 Å². The molecule has 0 saturated carbocycles. The highest BCUT2D eigenvalue weighted by Crippen LogP contribution is 2.20. The van der Waals surface area contributed by atoms with Crippen molar-refractivity contribution in [2.45, 2.75) is 18.7 Å². The molecule has 2 heterocycles. The van der Waals surface area contributed by atoms with Crippen molar-refractivity contribution in [1.82, 2.24) is 13.7 Å². The van der Waals surface area contributed by atoms with Crippen molar-refractivity contribution in [3.8, 4) is 0 Å². The SMILES string of the molecule is CN=c1c(F)cn(S(=O)(=O)c2c(C)noc2C)c(=O)n1C. The summed E-state index contributed by atoms with van der Waals surface area (Å²) in [4.78, 5) is 15.5. The monoisotopic (exact) mass is 316 g/mol. The normalized spacial score (nSPS) is 12.9. The Morgan fingerprint density at radius 1 is 1.38 bits per heavy atom. The molecular formula is C11H13FN4O4S. The Balaban J connectivity index is 2.89. The van der Waals surface area contributed by atoms with Crippen LogP contribution in [-0.4, -0.2) is 29.2 Å². The molecule has 0 bridgehead atoms. The topological polar surface area (TPSA) is 99.5 Å². The standard InChI is InChI=1S/C11H13FN4O4S/c1-6-9(7(2)20-14-6)21(18,19)16-5-8(12)10(13-3)15(4)11(16)17/h5H,1-4H3. The molecule has 0 atom stereocenters. The fraction of sp³-hybridized carbons (Fsp3) is 0.364. The summed E-state index contributed by atoms with van der Waals surface area (Å²) < 4.78 is 44.8. The molecule has 0 spiro atoms. The third-order valence-electron chi connectivity index (χ3n) is 2.93. The molecule has 0 N–H and O–H groups in total. The van der Waals surface area contributed by atoms with Crippen LogP contribution in [0, 0.1) is 19.7 Å². The lowest BCUT2D eigenvalue weighted by Gasteiger charge is -2.09. The number of hydrogen-bond donors (Lipinski definition) is 0. The van der Waals surface area contributed by atoms with E-state index in [2.05, 4.69) is 10.1 Å². The van der Waals surface area contributed by atoms with E-state index in [-0.39, 0.29) is 21.8 Å². The number of nitrogens with zero attached hydrogens (tertiary/aromatic N) is 4. The molecule has 8 nitrogen and oxygen atoms in total. The molecule has 0 unspecified atom stereocenters. The minimum atomic E-state index is -4.31. The average molecular weight is 316 g/mol. The number of aryl methyl sites for hydroxylation is 2. The number of rotatable bonds is 2. The fourth-order valence-corrected chi connectivity index (χ4v) is 3.55. The Hall–Kier alpha value is -2.23. The second kappa shape index (κ2) is 4.95. The van der Waals surface area contributed by atoms with Crippen molar-refractivity contribution in [3.05, 3.63) is 39.4 Å². The van der Waals surface area contributed by atoms with E-state index in [1.165, 1.54) is 27.9 Å². The van der Waals surface area contributed by atoms with Crippen molar-refractivity contribution in [2.75, 3.05) is 7.05 Å². The van der Waals surface area contributed by atoms with Gasteiger partial charge in [0.05, 0.1) is 6.20 Å². The minimum Gasteiger partial charge on any atom is -0.360 e. The van der Waals surface area contributed by atoms with E-state index in [0.717, 1.165) is 4.57 Å². The Bertz CT molecular complexity index is 917. The highest BCUT2D eigenvalue weighted by molar-refractivity contribution is 7.90. The van der Waals surface area contributed by atoms with Crippen LogP contribution in [0.2, 0.25) is 0 Å². The van der Waals surface area contributed by atoms with Gasteiger partial charge in [0.1, 0.15) is 5.69 Å². The van der Waals surface area contributed by atoms with Gasteiger partial charge >= 0.3 is 5.69 Å². The van der Waals surface area contributed by atoms with Gasteiger partial charge in [-0.15, -0.1) is 0 Å². The molecule has 0 aliphatic carbocycles. The van der Waals surface area contributed by atoms with Gasteiger partial charge < -0.3 is 4.52 Å². The van der Waals surface area contributed by atoms with E-state index in [9.17, 15) is 17.6 Å². The van der Waals surface area contributed by atoms with E-state index < -0.39 is 21.5 Å². The van der Waals surface area contributed by atoms with E-state index in [1.807, 2.05) is 0 Å². The summed E-state index contributed by atoms with van der Waals surface area (Å²) in [7, 11) is -1.79. The summed E-state index contributed by atoms with van der Waals surface area (Å²) >= 11 is 0. The summed E-state index contributed by atoms with van der Waals surface area (Å²) in [5.74, 6) is -0.915. The molecule has 0 saturated heterocycles. The van der Waals surface area contributed by atoms with E-state index in [1.54, 1.807) is 0 Å². The summed E-state index contributed by atoms with van der Waals surface area (Å²) in [6, 6.07) is 0. The molecule has 2 rings (SSSR count). The molecule has 0 fully saturated rings. The third-order valence-corrected chi connectivity index (χ3v) is 4.81. The van der Waals surface area contributed by atoms with Gasteiger partial charge in [0.2, 0.25) is 0 Å². The highest BCUT2D eigenvalue weighted by Gasteiger charge is 2.28. The molecule has 0 radical (unpaired) electrons. The van der Waals surface area contributed by atoms with Crippen LogP contribution < -0.4 is 11.2 Å². The highest BCUT2D eigenvalue weighted by atomic mass is 32.2. The van der Waals surface area contributed by atoms with Gasteiger partial charge in [-0.2, -0.15) is 3.97 Å². The summed E-state index contributed by atoms with van der Waals surface area (Å²) in [6.07, 6.45) is 0.589. The summed E-state index contributed by atoms with van der Waals surface area (Å²) in [6.45, 7) is 2.81. The second-order valence-corrected chi connectivity index (χ2v) is 6.07. The molecule has 2 aromatic heterocycles. The Morgan fingerprint density at radius 2 is 2.00 bits per heavy atom. The predicted octanol–water partition coefficient (Wildman–Crippen LogP) is -0.302. The molecule has 0 aromatic carbocycles. The van der Waals surface area contributed by atoms with Crippen molar-refractivity contribution >= 4 is 10.0 Å². The zero-order valence-corrected chi connectivity index (χ0v) is 12.6. The molecule has 10 heteroatoms. The molecule has 2 aromatic rings. The minimum absolute atomic E-state index is 0.0201.